The molecule has 0 radical (unpaired) electrons. The maximum atomic E-state index is 13.8. The molecule has 6 heteroatoms. The zero-order valence-electron chi connectivity index (χ0n) is 19.0. The molecule has 0 spiro atoms. The number of aromatic nitrogens is 2. The molecule has 5 nitrogen and oxygen atoms in total. The number of nitrogens with zero attached hydrogens (tertiary/aromatic N) is 3. The number of hydrogen-bond acceptors (Lipinski definition) is 5. The first-order chi connectivity index (χ1) is 14.4. The van der Waals surface area contributed by atoms with Gasteiger partial charge in [-0.15, -0.1) is 11.3 Å². The van der Waals surface area contributed by atoms with Crippen LogP contribution in [0.2, 0.25) is 0 Å². The molecule has 2 aromatic heterocycles. The minimum atomic E-state index is 0.0681. The molecule has 0 aliphatic heterocycles. The van der Waals surface area contributed by atoms with Gasteiger partial charge in [0.05, 0.1) is 12.5 Å². The Bertz CT molecular complexity index is 1080. The fourth-order valence-corrected chi connectivity index (χ4v) is 5.05. The van der Waals surface area contributed by atoms with E-state index in [2.05, 4.69) is 45.6 Å². The van der Waals surface area contributed by atoms with Gasteiger partial charge < -0.3 is 9.64 Å². The molecule has 0 aliphatic rings. The van der Waals surface area contributed by atoms with Gasteiger partial charge >= 0.3 is 0 Å². The monoisotopic (exact) mass is 427 g/mol. The van der Waals surface area contributed by atoms with E-state index in [0.29, 0.717) is 6.54 Å². The average molecular weight is 428 g/mol. The number of benzene rings is 1. The number of fused-ring (bicyclic) bond motifs is 1. The Morgan fingerprint density at radius 1 is 1.17 bits per heavy atom. The summed E-state index contributed by atoms with van der Waals surface area (Å²) in [6, 6.07) is 6.12. The van der Waals surface area contributed by atoms with E-state index in [1.54, 1.807) is 18.4 Å². The summed E-state index contributed by atoms with van der Waals surface area (Å²) >= 11 is 1.60. The van der Waals surface area contributed by atoms with Gasteiger partial charge in [0.1, 0.15) is 16.4 Å². The lowest BCUT2D eigenvalue weighted by atomic mass is 10.0. The summed E-state index contributed by atoms with van der Waals surface area (Å²) in [5, 5.41) is 0.723. The third kappa shape index (κ3) is 4.30. The lowest BCUT2D eigenvalue weighted by Crippen LogP contribution is -2.33. The van der Waals surface area contributed by atoms with Gasteiger partial charge in [0.2, 0.25) is 0 Å². The van der Waals surface area contributed by atoms with Crippen molar-refractivity contribution in [2.24, 2.45) is 0 Å². The first-order valence-corrected chi connectivity index (χ1v) is 11.7. The highest BCUT2D eigenvalue weighted by Gasteiger charge is 2.22. The zero-order valence-corrected chi connectivity index (χ0v) is 19.9. The smallest absolute Gasteiger partial charge is 0.262 e. The van der Waals surface area contributed by atoms with Crippen molar-refractivity contribution in [3.8, 4) is 16.9 Å². The minimum Gasteiger partial charge on any atom is -0.496 e. The molecule has 2 heterocycles. The van der Waals surface area contributed by atoms with Gasteiger partial charge in [-0.05, 0) is 45.5 Å². The normalized spacial score (nSPS) is 11.6. The van der Waals surface area contributed by atoms with Crippen molar-refractivity contribution in [3.05, 3.63) is 44.8 Å². The standard InChI is InChI=1S/C24H33N3O2S/c1-7-10-20-25-23-22(24(28)27(20)14-13-26(8-2)9-3)21(17(5)30-23)18-15-16(4)11-12-19(18)29-6/h11-12,15H,7-10,13-14H2,1-6H3. The number of rotatable bonds is 9. The van der Waals surface area contributed by atoms with Gasteiger partial charge in [-0.3, -0.25) is 9.36 Å². The summed E-state index contributed by atoms with van der Waals surface area (Å²) < 4.78 is 7.54. The summed E-state index contributed by atoms with van der Waals surface area (Å²) in [7, 11) is 1.68. The van der Waals surface area contributed by atoms with Crippen LogP contribution in [0.5, 0.6) is 5.75 Å². The molecule has 0 aliphatic carbocycles. The van der Waals surface area contributed by atoms with Crippen LogP contribution in [0.3, 0.4) is 0 Å². The fourth-order valence-electron chi connectivity index (χ4n) is 4.00. The molecule has 0 bridgehead atoms. The Hall–Kier alpha value is -2.18. The van der Waals surface area contributed by atoms with Gasteiger partial charge in [-0.1, -0.05) is 32.4 Å². The van der Waals surface area contributed by atoms with Crippen LogP contribution in [0, 0.1) is 13.8 Å². The quantitative estimate of drug-likeness (QED) is 0.480. The van der Waals surface area contributed by atoms with Gasteiger partial charge in [0.15, 0.2) is 0 Å². The van der Waals surface area contributed by atoms with Crippen LogP contribution in [0.25, 0.3) is 21.3 Å². The molecule has 0 saturated heterocycles. The van der Waals surface area contributed by atoms with E-state index in [1.807, 2.05) is 16.7 Å². The lowest BCUT2D eigenvalue weighted by Gasteiger charge is -2.20. The summed E-state index contributed by atoms with van der Waals surface area (Å²) in [5.74, 6) is 1.68. The van der Waals surface area contributed by atoms with Crippen molar-refractivity contribution in [2.45, 2.75) is 54.0 Å². The van der Waals surface area contributed by atoms with E-state index in [4.69, 9.17) is 9.72 Å². The zero-order chi connectivity index (χ0) is 21.8. The Labute approximate surface area is 183 Å². The molecule has 3 rings (SSSR count). The van der Waals surface area contributed by atoms with E-state index in [1.165, 1.54) is 0 Å². The second-order valence-corrected chi connectivity index (χ2v) is 8.88. The van der Waals surface area contributed by atoms with Gasteiger partial charge in [0, 0.05) is 35.5 Å². The molecule has 0 saturated carbocycles. The number of aryl methyl sites for hydroxylation is 3. The maximum absolute atomic E-state index is 13.8. The molecular formula is C24H33N3O2S. The summed E-state index contributed by atoms with van der Waals surface area (Å²) in [4.78, 5) is 23.0. The number of ether oxygens (including phenoxy) is 1. The highest BCUT2D eigenvalue weighted by atomic mass is 32.1. The van der Waals surface area contributed by atoms with Crippen molar-refractivity contribution in [1.29, 1.82) is 0 Å². The Balaban J connectivity index is 2.24. The van der Waals surface area contributed by atoms with Crippen LogP contribution in [0.1, 0.15) is 43.5 Å². The van der Waals surface area contributed by atoms with E-state index in [-0.39, 0.29) is 5.56 Å². The Morgan fingerprint density at radius 2 is 1.90 bits per heavy atom. The van der Waals surface area contributed by atoms with Crippen LogP contribution < -0.4 is 10.3 Å². The summed E-state index contributed by atoms with van der Waals surface area (Å²) in [6.45, 7) is 14.1. The Morgan fingerprint density at radius 3 is 2.53 bits per heavy atom. The molecule has 162 valence electrons. The minimum absolute atomic E-state index is 0.0681. The molecule has 1 aromatic carbocycles. The second-order valence-electron chi connectivity index (χ2n) is 7.68. The first kappa shape index (κ1) is 22.5. The van der Waals surface area contributed by atoms with Crippen molar-refractivity contribution < 1.29 is 4.74 Å². The van der Waals surface area contributed by atoms with Gasteiger partial charge in [-0.2, -0.15) is 0 Å². The van der Waals surface area contributed by atoms with E-state index >= 15 is 0 Å². The summed E-state index contributed by atoms with van der Waals surface area (Å²) in [5.41, 5.74) is 3.15. The predicted molar refractivity (Wildman–Crippen MR) is 127 cm³/mol. The molecule has 0 amide bonds. The fraction of sp³-hybridized carbons (Fsp3) is 0.500. The number of methoxy groups -OCH3 is 1. The van der Waals surface area contributed by atoms with Crippen molar-refractivity contribution >= 4 is 21.6 Å². The second kappa shape index (κ2) is 9.75. The topological polar surface area (TPSA) is 47.4 Å². The largest absolute Gasteiger partial charge is 0.496 e. The highest BCUT2D eigenvalue weighted by Crippen LogP contribution is 2.40. The molecule has 30 heavy (non-hydrogen) atoms. The van der Waals surface area contributed by atoms with E-state index in [0.717, 1.165) is 75.8 Å². The Kier molecular flexibility index (Phi) is 7.32. The van der Waals surface area contributed by atoms with Crippen LogP contribution in [0.4, 0.5) is 0 Å². The predicted octanol–water partition coefficient (Wildman–Crippen LogP) is 5.04. The highest BCUT2D eigenvalue weighted by molar-refractivity contribution is 7.19. The first-order valence-electron chi connectivity index (χ1n) is 10.8. The van der Waals surface area contributed by atoms with Crippen LogP contribution in [-0.4, -0.2) is 41.2 Å². The molecule has 0 fully saturated rings. The van der Waals surface area contributed by atoms with E-state index in [9.17, 15) is 4.79 Å². The summed E-state index contributed by atoms with van der Waals surface area (Å²) in [6.07, 6.45) is 1.77. The molecule has 0 unspecified atom stereocenters. The molecule has 3 aromatic rings. The van der Waals surface area contributed by atoms with Crippen molar-refractivity contribution in [2.75, 3.05) is 26.7 Å². The number of thiophene rings is 1. The third-order valence-electron chi connectivity index (χ3n) is 5.70. The van der Waals surface area contributed by atoms with Gasteiger partial charge in [-0.25, -0.2) is 4.98 Å². The van der Waals surface area contributed by atoms with Crippen LogP contribution >= 0.6 is 11.3 Å². The van der Waals surface area contributed by atoms with Gasteiger partial charge in [0.25, 0.3) is 5.56 Å². The van der Waals surface area contributed by atoms with Crippen LogP contribution in [0.15, 0.2) is 23.0 Å². The number of likely N-dealkylation sites (N-methyl/N-ethyl adjacent to an activating group) is 1. The lowest BCUT2D eigenvalue weighted by molar-refractivity contribution is 0.287. The third-order valence-corrected chi connectivity index (χ3v) is 6.70. The maximum Gasteiger partial charge on any atom is 0.262 e. The van der Waals surface area contributed by atoms with Crippen molar-refractivity contribution in [1.82, 2.24) is 14.5 Å². The average Bonchev–Trinajstić information content (AvgIpc) is 3.06. The molecular weight excluding hydrogens is 394 g/mol. The van der Waals surface area contributed by atoms with Crippen LogP contribution in [-0.2, 0) is 13.0 Å². The van der Waals surface area contributed by atoms with Crippen molar-refractivity contribution in [3.63, 3.8) is 0 Å². The van der Waals surface area contributed by atoms with E-state index < -0.39 is 0 Å². The SMILES string of the molecule is CCCc1nc2sc(C)c(-c3cc(C)ccc3OC)c2c(=O)n1CCN(CC)CC. The number of hydrogen-bond donors (Lipinski definition) is 0. The molecule has 0 atom stereocenters. The molecule has 0 N–H and O–H groups in total.